The Hall–Kier alpha value is 0.990. The van der Waals surface area contributed by atoms with Crippen molar-refractivity contribution >= 4 is 37.4 Å². The molecule has 0 atom stereocenters. The maximum absolute atomic E-state index is 10.3. The van der Waals surface area contributed by atoms with Gasteiger partial charge in [0.1, 0.15) is 0 Å². The molecule has 0 aliphatic rings. The van der Waals surface area contributed by atoms with E-state index in [4.69, 9.17) is 20.0 Å². The average molecular weight is 253 g/mol. The van der Waals surface area contributed by atoms with E-state index in [-0.39, 0.29) is 55.9 Å². The molecule has 0 unspecified atom stereocenters. The van der Waals surface area contributed by atoms with Crippen molar-refractivity contribution in [2.24, 2.45) is 0 Å². The Morgan fingerprint density at radius 2 is 1.53 bits per heavy atom. The van der Waals surface area contributed by atoms with Gasteiger partial charge in [0.05, 0.1) is 19.8 Å². The third kappa shape index (κ3) is 12.9. The van der Waals surface area contributed by atoms with Crippen molar-refractivity contribution in [2.45, 2.75) is 0 Å². The molecule has 15 heavy (non-hydrogen) atoms. The number of phosphoric acid groups is 1. The van der Waals surface area contributed by atoms with Gasteiger partial charge in [0, 0.05) is 19.6 Å². The van der Waals surface area contributed by atoms with Crippen molar-refractivity contribution in [3.8, 4) is 0 Å². The maximum atomic E-state index is 10.3. The Balaban J connectivity index is 0. The molecular formula is C6H17NNaO6P. The van der Waals surface area contributed by atoms with Crippen LogP contribution >= 0.6 is 7.82 Å². The molecular weight excluding hydrogens is 236 g/mol. The minimum atomic E-state index is -4.41. The fourth-order valence-electron chi connectivity index (χ4n) is 0.907. The first-order valence-electron chi connectivity index (χ1n) is 4.13. The SMILES string of the molecule is O=P(O)(O)OCCN(CCO)CCO.[NaH]. The Bertz CT molecular complexity index is 182. The van der Waals surface area contributed by atoms with E-state index in [0.29, 0.717) is 13.1 Å². The summed E-state index contributed by atoms with van der Waals surface area (Å²) in [6.45, 7) is 0.651. The molecule has 0 aromatic heterocycles. The second-order valence-corrected chi connectivity index (χ2v) is 3.85. The van der Waals surface area contributed by atoms with E-state index in [1.165, 1.54) is 0 Å². The van der Waals surface area contributed by atoms with Crippen LogP contribution in [0.2, 0.25) is 0 Å². The molecule has 0 saturated carbocycles. The first-order chi connectivity index (χ1) is 6.49. The van der Waals surface area contributed by atoms with Gasteiger partial charge in [0.25, 0.3) is 0 Å². The quantitative estimate of drug-likeness (QED) is 0.285. The fraction of sp³-hybridized carbons (Fsp3) is 1.00. The number of rotatable bonds is 8. The van der Waals surface area contributed by atoms with Gasteiger partial charge in [0.15, 0.2) is 0 Å². The molecule has 0 spiro atoms. The van der Waals surface area contributed by atoms with E-state index in [1.54, 1.807) is 4.90 Å². The molecule has 0 aromatic carbocycles. The molecule has 4 N–H and O–H groups in total. The van der Waals surface area contributed by atoms with Gasteiger partial charge in [-0.05, 0) is 0 Å². The summed E-state index contributed by atoms with van der Waals surface area (Å²) >= 11 is 0. The molecule has 0 radical (unpaired) electrons. The van der Waals surface area contributed by atoms with E-state index < -0.39 is 7.82 Å². The van der Waals surface area contributed by atoms with Crippen LogP contribution in [0.3, 0.4) is 0 Å². The van der Waals surface area contributed by atoms with E-state index >= 15 is 0 Å². The van der Waals surface area contributed by atoms with Crippen LogP contribution in [0.15, 0.2) is 0 Å². The summed E-state index contributed by atoms with van der Waals surface area (Å²) in [6.07, 6.45) is 0. The van der Waals surface area contributed by atoms with Crippen LogP contribution in [-0.4, -0.2) is 93.9 Å². The third-order valence-electron chi connectivity index (χ3n) is 1.50. The topological polar surface area (TPSA) is 110 Å². The van der Waals surface area contributed by atoms with Gasteiger partial charge >= 0.3 is 37.4 Å². The van der Waals surface area contributed by atoms with Gasteiger partial charge in [-0.15, -0.1) is 0 Å². The predicted molar refractivity (Wildman–Crippen MR) is 55.8 cm³/mol. The van der Waals surface area contributed by atoms with Crippen molar-refractivity contribution in [3.63, 3.8) is 0 Å². The molecule has 0 fully saturated rings. The van der Waals surface area contributed by atoms with Crippen LogP contribution in [0, 0.1) is 0 Å². The predicted octanol–water partition coefficient (Wildman–Crippen LogP) is -2.27. The number of hydrogen-bond acceptors (Lipinski definition) is 5. The van der Waals surface area contributed by atoms with Crippen LogP contribution in [0.5, 0.6) is 0 Å². The Morgan fingerprint density at radius 1 is 1.07 bits per heavy atom. The van der Waals surface area contributed by atoms with Crippen molar-refractivity contribution in [1.29, 1.82) is 0 Å². The van der Waals surface area contributed by atoms with Crippen molar-refractivity contribution in [3.05, 3.63) is 0 Å². The molecule has 0 bridgehead atoms. The summed E-state index contributed by atoms with van der Waals surface area (Å²) in [4.78, 5) is 18.4. The van der Waals surface area contributed by atoms with Crippen molar-refractivity contribution in [1.82, 2.24) is 4.90 Å². The van der Waals surface area contributed by atoms with E-state index in [0.717, 1.165) is 0 Å². The summed E-state index contributed by atoms with van der Waals surface area (Å²) in [6, 6.07) is 0. The summed E-state index contributed by atoms with van der Waals surface area (Å²) < 4.78 is 14.5. The molecule has 9 heteroatoms. The second kappa shape index (κ2) is 10.2. The molecule has 0 aromatic rings. The number of nitrogens with zero attached hydrogens (tertiary/aromatic N) is 1. The zero-order valence-electron chi connectivity index (χ0n) is 7.74. The Kier molecular flexibility index (Phi) is 12.4. The molecule has 7 nitrogen and oxygen atoms in total. The van der Waals surface area contributed by atoms with Gasteiger partial charge in [0.2, 0.25) is 0 Å². The summed E-state index contributed by atoms with van der Waals surface area (Å²) in [7, 11) is -4.41. The van der Waals surface area contributed by atoms with Crippen LogP contribution in [-0.2, 0) is 9.09 Å². The zero-order chi connectivity index (χ0) is 11.0. The Labute approximate surface area is 111 Å². The molecule has 88 valence electrons. The van der Waals surface area contributed by atoms with Gasteiger partial charge < -0.3 is 20.0 Å². The molecule has 0 heterocycles. The van der Waals surface area contributed by atoms with Gasteiger partial charge in [-0.25, -0.2) is 4.57 Å². The fourth-order valence-corrected chi connectivity index (χ4v) is 1.23. The van der Waals surface area contributed by atoms with Crippen molar-refractivity contribution in [2.75, 3.05) is 39.5 Å². The third-order valence-corrected chi connectivity index (χ3v) is 2.02. The number of hydrogen-bond donors (Lipinski definition) is 4. The first kappa shape index (κ1) is 18.4. The van der Waals surface area contributed by atoms with E-state index in [9.17, 15) is 4.57 Å². The van der Waals surface area contributed by atoms with Gasteiger partial charge in [-0.2, -0.15) is 0 Å². The number of phosphoric ester groups is 1. The van der Waals surface area contributed by atoms with E-state index in [2.05, 4.69) is 4.52 Å². The normalized spacial score (nSPS) is 11.5. The monoisotopic (exact) mass is 253 g/mol. The molecule has 0 aliphatic heterocycles. The first-order valence-corrected chi connectivity index (χ1v) is 5.67. The van der Waals surface area contributed by atoms with E-state index in [1.807, 2.05) is 0 Å². The van der Waals surface area contributed by atoms with Crippen LogP contribution in [0.1, 0.15) is 0 Å². The van der Waals surface area contributed by atoms with Crippen LogP contribution in [0.25, 0.3) is 0 Å². The summed E-state index contributed by atoms with van der Waals surface area (Å²) in [5.41, 5.74) is 0. The number of aliphatic hydroxyl groups excluding tert-OH is 2. The number of aliphatic hydroxyl groups is 2. The molecule has 0 aliphatic carbocycles. The van der Waals surface area contributed by atoms with Crippen LogP contribution < -0.4 is 0 Å². The summed E-state index contributed by atoms with van der Waals surface area (Å²) in [5.74, 6) is 0. The second-order valence-electron chi connectivity index (χ2n) is 2.61. The molecule has 0 rings (SSSR count). The average Bonchev–Trinajstić information content (AvgIpc) is 2.02. The standard InChI is InChI=1S/C6H16NO6P.Na.H/c8-4-1-7(2-5-9)3-6-13-14(10,11)12;;/h8-9H,1-6H2,(H2,10,11,12);;. The molecule has 0 amide bonds. The minimum absolute atomic E-state index is 0. The summed E-state index contributed by atoms with van der Waals surface area (Å²) in [5, 5.41) is 17.2. The van der Waals surface area contributed by atoms with Crippen LogP contribution in [0.4, 0.5) is 0 Å². The van der Waals surface area contributed by atoms with Crippen molar-refractivity contribution < 1.29 is 29.1 Å². The molecule has 0 saturated heterocycles. The van der Waals surface area contributed by atoms with Gasteiger partial charge in [-0.3, -0.25) is 9.42 Å². The Morgan fingerprint density at radius 3 is 1.87 bits per heavy atom. The zero-order valence-corrected chi connectivity index (χ0v) is 8.64. The van der Waals surface area contributed by atoms with Gasteiger partial charge in [-0.1, -0.05) is 0 Å².